The van der Waals surface area contributed by atoms with Crippen LogP contribution in [0.1, 0.15) is 17.3 Å². The maximum absolute atomic E-state index is 12.4. The Kier molecular flexibility index (Phi) is 5.48. The summed E-state index contributed by atoms with van der Waals surface area (Å²) in [6, 6.07) is 8.20. The number of amides is 1. The monoisotopic (exact) mass is 467 g/mol. The first-order valence-electron chi connectivity index (χ1n) is 8.15. The largest absolute Gasteiger partial charge is 0.573 e. The molecule has 150 valence electrons. The number of halogens is 4. The Morgan fingerprint density at radius 2 is 2.00 bits per heavy atom. The van der Waals surface area contributed by atoms with Gasteiger partial charge in [-0.1, -0.05) is 0 Å². The number of aromatic nitrogens is 3. The number of rotatable bonds is 5. The van der Waals surface area contributed by atoms with E-state index < -0.39 is 23.6 Å². The smallest absolute Gasteiger partial charge is 0.406 e. The van der Waals surface area contributed by atoms with Gasteiger partial charge in [0.15, 0.2) is 0 Å². The summed E-state index contributed by atoms with van der Waals surface area (Å²) in [7, 11) is 0. The molecule has 1 amide bonds. The van der Waals surface area contributed by atoms with Crippen LogP contribution in [-0.2, 0) is 6.54 Å². The Bertz CT molecular complexity index is 1090. The molecule has 0 aliphatic heterocycles. The average molecular weight is 468 g/mol. The number of hydrogen-bond donors (Lipinski definition) is 1. The third kappa shape index (κ3) is 5.23. The van der Waals surface area contributed by atoms with Crippen LogP contribution in [0.3, 0.4) is 0 Å². The van der Waals surface area contributed by atoms with Gasteiger partial charge in [0.05, 0.1) is 18.8 Å². The highest BCUT2D eigenvalue weighted by atomic mass is 79.9. The summed E-state index contributed by atoms with van der Waals surface area (Å²) in [6.07, 6.45) is -1.56. The van der Waals surface area contributed by atoms with Crippen molar-refractivity contribution in [2.45, 2.75) is 25.4 Å². The third-order valence-electron chi connectivity index (χ3n) is 3.84. The van der Waals surface area contributed by atoms with Crippen LogP contribution in [0.4, 0.5) is 13.2 Å². The van der Waals surface area contributed by atoms with Crippen molar-refractivity contribution in [3.8, 4) is 11.8 Å². The van der Waals surface area contributed by atoms with E-state index in [1.807, 2.05) is 6.07 Å². The second-order valence-electron chi connectivity index (χ2n) is 6.35. The van der Waals surface area contributed by atoms with Crippen molar-refractivity contribution in [2.24, 2.45) is 0 Å². The van der Waals surface area contributed by atoms with Crippen molar-refractivity contribution in [3.63, 3.8) is 0 Å². The van der Waals surface area contributed by atoms with E-state index in [0.717, 1.165) is 16.6 Å². The molecule has 0 bridgehead atoms. The number of fused-ring (bicyclic) bond motifs is 1. The zero-order chi connectivity index (χ0) is 21.2. The third-order valence-corrected chi connectivity index (χ3v) is 4.27. The van der Waals surface area contributed by atoms with Crippen LogP contribution in [0.25, 0.3) is 11.0 Å². The molecule has 3 aromatic rings. The second kappa shape index (κ2) is 7.71. The lowest BCUT2D eigenvalue weighted by Crippen LogP contribution is -2.48. The number of pyridine rings is 1. The molecule has 0 saturated heterocycles. The fourth-order valence-electron chi connectivity index (χ4n) is 2.57. The molecule has 2 heterocycles. The second-order valence-corrected chi connectivity index (χ2v) is 7.27. The highest BCUT2D eigenvalue weighted by molar-refractivity contribution is 9.10. The lowest BCUT2D eigenvalue weighted by Gasteiger charge is -2.23. The molecule has 1 N–H and O–H groups in total. The molecule has 7 nitrogen and oxygen atoms in total. The number of nitrogens with one attached hydrogen (secondary N) is 1. The SMILES string of the molecule is C[C@@](C#N)(Cn1cc2ncc(Br)cc2n1)NC(=O)c1ccc(OC(F)(F)F)cc1. The molecular weight excluding hydrogens is 455 g/mol. The van der Waals surface area contributed by atoms with E-state index in [4.69, 9.17) is 0 Å². The van der Waals surface area contributed by atoms with Crippen LogP contribution in [0.15, 0.2) is 47.2 Å². The number of nitriles is 1. The molecule has 0 unspecified atom stereocenters. The fourth-order valence-corrected chi connectivity index (χ4v) is 2.88. The molecule has 1 aromatic carbocycles. The minimum atomic E-state index is -4.82. The van der Waals surface area contributed by atoms with Gasteiger partial charge >= 0.3 is 6.36 Å². The first kappa shape index (κ1) is 20.6. The number of carbonyl (C=O) groups excluding carboxylic acids is 1. The first-order valence-corrected chi connectivity index (χ1v) is 8.94. The number of alkyl halides is 3. The average Bonchev–Trinajstić information content (AvgIpc) is 3.01. The van der Waals surface area contributed by atoms with Crippen molar-refractivity contribution in [1.82, 2.24) is 20.1 Å². The summed E-state index contributed by atoms with van der Waals surface area (Å²) in [6.45, 7) is 1.56. The number of carbonyl (C=O) groups is 1. The van der Waals surface area contributed by atoms with Crippen molar-refractivity contribution < 1.29 is 22.7 Å². The van der Waals surface area contributed by atoms with E-state index in [-0.39, 0.29) is 12.1 Å². The molecule has 1 atom stereocenters. The molecule has 0 aliphatic carbocycles. The zero-order valence-corrected chi connectivity index (χ0v) is 16.5. The number of ether oxygens (including phenoxy) is 1. The summed E-state index contributed by atoms with van der Waals surface area (Å²) in [5.41, 5.74) is 0.000795. The van der Waals surface area contributed by atoms with Crippen LogP contribution >= 0.6 is 15.9 Å². The van der Waals surface area contributed by atoms with Gasteiger partial charge in [-0.3, -0.25) is 14.5 Å². The van der Waals surface area contributed by atoms with Gasteiger partial charge in [-0.15, -0.1) is 13.2 Å². The van der Waals surface area contributed by atoms with Crippen molar-refractivity contribution in [3.05, 3.63) is 52.8 Å². The molecular formula is C18H13BrF3N5O2. The summed E-state index contributed by atoms with van der Waals surface area (Å²) in [5.74, 6) is -1.07. The summed E-state index contributed by atoms with van der Waals surface area (Å²) >= 11 is 3.30. The van der Waals surface area contributed by atoms with Crippen LogP contribution in [-0.4, -0.2) is 32.6 Å². The highest BCUT2D eigenvalue weighted by Gasteiger charge is 2.31. The van der Waals surface area contributed by atoms with Crippen LogP contribution in [0.5, 0.6) is 5.75 Å². The van der Waals surface area contributed by atoms with Crippen molar-refractivity contribution in [2.75, 3.05) is 0 Å². The van der Waals surface area contributed by atoms with Crippen LogP contribution in [0.2, 0.25) is 0 Å². The summed E-state index contributed by atoms with van der Waals surface area (Å²) in [5, 5.41) is 16.5. The van der Waals surface area contributed by atoms with Gasteiger partial charge in [-0.25, -0.2) is 0 Å². The van der Waals surface area contributed by atoms with Crippen LogP contribution < -0.4 is 10.1 Å². The van der Waals surface area contributed by atoms with Crippen LogP contribution in [0, 0.1) is 11.3 Å². The Labute approximate surface area is 171 Å². The van der Waals surface area contributed by atoms with Crippen molar-refractivity contribution >= 4 is 32.9 Å². The molecule has 2 aromatic heterocycles. The van der Waals surface area contributed by atoms with E-state index in [2.05, 4.69) is 36.1 Å². The van der Waals surface area contributed by atoms with E-state index in [9.17, 15) is 23.2 Å². The van der Waals surface area contributed by atoms with Gasteiger partial charge in [0.25, 0.3) is 5.91 Å². The van der Waals surface area contributed by atoms with Gasteiger partial charge < -0.3 is 10.1 Å². The Balaban J connectivity index is 1.73. The lowest BCUT2D eigenvalue weighted by atomic mass is 10.0. The maximum Gasteiger partial charge on any atom is 0.573 e. The minimum absolute atomic E-state index is 0.0402. The van der Waals surface area contributed by atoms with Gasteiger partial charge in [0.2, 0.25) is 0 Å². The number of benzene rings is 1. The Morgan fingerprint density at radius 1 is 1.31 bits per heavy atom. The molecule has 0 saturated carbocycles. The minimum Gasteiger partial charge on any atom is -0.406 e. The standard InChI is InChI=1S/C18H13BrF3N5O2/c1-17(9-23,10-27-8-15-14(26-27)6-12(19)7-24-15)25-16(28)11-2-4-13(5-3-11)29-18(20,21)22/h2-8H,10H2,1H3,(H,25,28)/t17-/m1/s1. The quantitative estimate of drug-likeness (QED) is 0.615. The van der Waals surface area contributed by atoms with Gasteiger partial charge in [-0.2, -0.15) is 10.4 Å². The van der Waals surface area contributed by atoms with Gasteiger partial charge in [-0.05, 0) is 53.2 Å². The number of nitrogens with zero attached hydrogens (tertiary/aromatic N) is 4. The molecule has 0 aliphatic rings. The summed E-state index contributed by atoms with van der Waals surface area (Å²) < 4.78 is 42.7. The Hall–Kier alpha value is -3.13. The van der Waals surface area contributed by atoms with Gasteiger partial charge in [0, 0.05) is 16.2 Å². The highest BCUT2D eigenvalue weighted by Crippen LogP contribution is 2.23. The van der Waals surface area contributed by atoms with Gasteiger partial charge in [0.1, 0.15) is 22.3 Å². The lowest BCUT2D eigenvalue weighted by molar-refractivity contribution is -0.274. The Morgan fingerprint density at radius 3 is 2.62 bits per heavy atom. The summed E-state index contributed by atoms with van der Waals surface area (Å²) in [4.78, 5) is 16.7. The molecule has 0 spiro atoms. The number of hydrogen-bond acceptors (Lipinski definition) is 5. The molecule has 11 heteroatoms. The predicted octanol–water partition coefficient (Wildman–Crippen LogP) is 3.80. The molecule has 0 radical (unpaired) electrons. The molecule has 3 rings (SSSR count). The van der Waals surface area contributed by atoms with E-state index in [1.54, 1.807) is 18.5 Å². The topological polar surface area (TPSA) is 92.8 Å². The normalized spacial score (nSPS) is 13.5. The van der Waals surface area contributed by atoms with E-state index in [0.29, 0.717) is 11.0 Å². The predicted molar refractivity (Wildman–Crippen MR) is 99.8 cm³/mol. The zero-order valence-electron chi connectivity index (χ0n) is 14.9. The van der Waals surface area contributed by atoms with Crippen molar-refractivity contribution in [1.29, 1.82) is 5.26 Å². The first-order chi connectivity index (χ1) is 13.6. The van der Waals surface area contributed by atoms with E-state index >= 15 is 0 Å². The van der Waals surface area contributed by atoms with E-state index in [1.165, 1.54) is 23.7 Å². The molecule has 29 heavy (non-hydrogen) atoms. The maximum atomic E-state index is 12.4. The molecule has 0 fully saturated rings. The fraction of sp³-hybridized carbons (Fsp3) is 0.222.